The molecule has 90 valence electrons. The normalized spacial score (nSPS) is 9.83. The number of ether oxygens (including phenoxy) is 1. The minimum Gasteiger partial charge on any atom is -0.438 e. The SMILES string of the molecule is Cc1ccc(Oc2ncc(N)cc2C#N)cc1C. The number of hydrogen-bond donors (Lipinski definition) is 1. The summed E-state index contributed by atoms with van der Waals surface area (Å²) in [6, 6.07) is 9.29. The van der Waals surface area contributed by atoms with Gasteiger partial charge >= 0.3 is 0 Å². The number of hydrogen-bond acceptors (Lipinski definition) is 4. The van der Waals surface area contributed by atoms with Crippen molar-refractivity contribution in [3.05, 3.63) is 47.2 Å². The van der Waals surface area contributed by atoms with Gasteiger partial charge in [-0.1, -0.05) is 6.07 Å². The van der Waals surface area contributed by atoms with Crippen LogP contribution in [-0.2, 0) is 0 Å². The first-order valence-corrected chi connectivity index (χ1v) is 5.51. The van der Waals surface area contributed by atoms with Crippen LogP contribution in [0.1, 0.15) is 16.7 Å². The third kappa shape index (κ3) is 2.41. The summed E-state index contributed by atoms with van der Waals surface area (Å²) in [7, 11) is 0. The highest BCUT2D eigenvalue weighted by molar-refractivity contribution is 5.49. The molecule has 0 unspecified atom stereocenters. The van der Waals surface area contributed by atoms with E-state index in [2.05, 4.69) is 4.98 Å². The summed E-state index contributed by atoms with van der Waals surface area (Å²) in [6.07, 6.45) is 1.47. The fourth-order valence-corrected chi connectivity index (χ4v) is 1.52. The first-order chi connectivity index (χ1) is 8.60. The van der Waals surface area contributed by atoms with Crippen LogP contribution >= 0.6 is 0 Å². The van der Waals surface area contributed by atoms with E-state index in [-0.39, 0.29) is 5.88 Å². The van der Waals surface area contributed by atoms with Gasteiger partial charge in [-0.05, 0) is 43.2 Å². The highest BCUT2D eigenvalue weighted by Gasteiger charge is 2.07. The van der Waals surface area contributed by atoms with E-state index < -0.39 is 0 Å². The molecule has 0 amide bonds. The summed E-state index contributed by atoms with van der Waals surface area (Å²) < 4.78 is 5.60. The van der Waals surface area contributed by atoms with E-state index in [1.807, 2.05) is 38.1 Å². The Kier molecular flexibility index (Phi) is 3.16. The first kappa shape index (κ1) is 11.9. The molecule has 0 bridgehead atoms. The molecule has 18 heavy (non-hydrogen) atoms. The fraction of sp³-hybridized carbons (Fsp3) is 0.143. The monoisotopic (exact) mass is 239 g/mol. The van der Waals surface area contributed by atoms with Crippen LogP contribution in [0.15, 0.2) is 30.5 Å². The van der Waals surface area contributed by atoms with Crippen molar-refractivity contribution in [1.29, 1.82) is 5.26 Å². The number of aromatic nitrogens is 1. The number of pyridine rings is 1. The van der Waals surface area contributed by atoms with Crippen molar-refractivity contribution < 1.29 is 4.74 Å². The van der Waals surface area contributed by atoms with Gasteiger partial charge in [0, 0.05) is 0 Å². The van der Waals surface area contributed by atoms with Crippen molar-refractivity contribution in [2.45, 2.75) is 13.8 Å². The summed E-state index contributed by atoms with van der Waals surface area (Å²) in [5.41, 5.74) is 8.66. The lowest BCUT2D eigenvalue weighted by atomic mass is 10.1. The van der Waals surface area contributed by atoms with Crippen LogP contribution in [-0.4, -0.2) is 4.98 Å². The largest absolute Gasteiger partial charge is 0.438 e. The third-order valence-electron chi connectivity index (χ3n) is 2.69. The lowest BCUT2D eigenvalue weighted by Gasteiger charge is -2.08. The van der Waals surface area contributed by atoms with Crippen molar-refractivity contribution in [3.63, 3.8) is 0 Å². The van der Waals surface area contributed by atoms with Crippen molar-refractivity contribution >= 4 is 5.69 Å². The quantitative estimate of drug-likeness (QED) is 0.874. The molecule has 0 aliphatic carbocycles. The van der Waals surface area contributed by atoms with Gasteiger partial charge in [0.1, 0.15) is 17.4 Å². The summed E-state index contributed by atoms with van der Waals surface area (Å²) in [6.45, 7) is 4.03. The number of aryl methyl sites for hydroxylation is 2. The number of nitrogens with two attached hydrogens (primary N) is 1. The lowest BCUT2D eigenvalue weighted by molar-refractivity contribution is 0.461. The summed E-state index contributed by atoms with van der Waals surface area (Å²) in [4.78, 5) is 4.03. The minimum absolute atomic E-state index is 0.273. The Bertz CT molecular complexity index is 629. The Balaban J connectivity index is 2.34. The molecule has 4 nitrogen and oxygen atoms in total. The van der Waals surface area contributed by atoms with Crippen molar-refractivity contribution in [1.82, 2.24) is 4.98 Å². The molecule has 4 heteroatoms. The lowest BCUT2D eigenvalue weighted by Crippen LogP contribution is -1.95. The molecule has 1 aromatic heterocycles. The van der Waals surface area contributed by atoms with Gasteiger partial charge in [-0.25, -0.2) is 4.98 Å². The van der Waals surface area contributed by atoms with Crippen LogP contribution in [0.5, 0.6) is 11.6 Å². The van der Waals surface area contributed by atoms with Crippen LogP contribution in [0.25, 0.3) is 0 Å². The van der Waals surface area contributed by atoms with Crippen molar-refractivity contribution in [2.75, 3.05) is 5.73 Å². The van der Waals surface area contributed by atoms with Crippen molar-refractivity contribution in [2.24, 2.45) is 0 Å². The highest BCUT2D eigenvalue weighted by Crippen LogP contribution is 2.25. The van der Waals surface area contributed by atoms with E-state index in [1.165, 1.54) is 11.8 Å². The number of rotatable bonds is 2. The molecule has 0 aliphatic rings. The van der Waals surface area contributed by atoms with Crippen molar-refractivity contribution in [3.8, 4) is 17.7 Å². The van der Waals surface area contributed by atoms with Gasteiger partial charge in [0.25, 0.3) is 0 Å². The number of nitrogens with zero attached hydrogens (tertiary/aromatic N) is 2. The average Bonchev–Trinajstić information content (AvgIpc) is 2.36. The predicted molar refractivity (Wildman–Crippen MR) is 69.4 cm³/mol. The van der Waals surface area contributed by atoms with E-state index in [4.69, 9.17) is 15.7 Å². The van der Waals surface area contributed by atoms with E-state index in [0.717, 1.165) is 5.56 Å². The highest BCUT2D eigenvalue weighted by atomic mass is 16.5. The van der Waals surface area contributed by atoms with Gasteiger partial charge < -0.3 is 10.5 Å². The molecule has 2 N–H and O–H groups in total. The maximum Gasteiger partial charge on any atom is 0.237 e. The standard InChI is InChI=1S/C14H13N3O/c1-9-3-4-13(5-10(9)2)18-14-11(7-15)6-12(16)8-17-14/h3-6,8H,16H2,1-2H3. The van der Waals surface area contributed by atoms with Crippen LogP contribution in [0.2, 0.25) is 0 Å². The Labute approximate surface area is 106 Å². The van der Waals surface area contributed by atoms with Gasteiger partial charge in [0.05, 0.1) is 11.9 Å². The molecule has 0 fully saturated rings. The molecule has 0 atom stereocenters. The summed E-state index contributed by atoms with van der Waals surface area (Å²) in [5, 5.41) is 8.99. The Morgan fingerprint density at radius 3 is 2.67 bits per heavy atom. The molecule has 0 radical (unpaired) electrons. The zero-order valence-corrected chi connectivity index (χ0v) is 10.3. The van der Waals surface area contributed by atoms with Crippen LogP contribution in [0.3, 0.4) is 0 Å². The van der Waals surface area contributed by atoms with Gasteiger partial charge in [-0.2, -0.15) is 5.26 Å². The Hall–Kier alpha value is -2.54. The first-order valence-electron chi connectivity index (χ1n) is 5.51. The van der Waals surface area contributed by atoms with Gasteiger partial charge in [0.15, 0.2) is 0 Å². The summed E-state index contributed by atoms with van der Waals surface area (Å²) >= 11 is 0. The minimum atomic E-state index is 0.273. The smallest absolute Gasteiger partial charge is 0.237 e. The molecular weight excluding hydrogens is 226 g/mol. The Morgan fingerprint density at radius 1 is 1.22 bits per heavy atom. The molecule has 0 spiro atoms. The summed E-state index contributed by atoms with van der Waals surface area (Å²) in [5.74, 6) is 0.932. The molecule has 0 aliphatic heterocycles. The van der Waals surface area contributed by atoms with Crippen LogP contribution < -0.4 is 10.5 Å². The molecule has 1 heterocycles. The molecular formula is C14H13N3O. The molecule has 2 aromatic rings. The average molecular weight is 239 g/mol. The Morgan fingerprint density at radius 2 is 2.00 bits per heavy atom. The van der Waals surface area contributed by atoms with Gasteiger partial charge in [0.2, 0.25) is 5.88 Å². The fourth-order valence-electron chi connectivity index (χ4n) is 1.52. The van der Waals surface area contributed by atoms with Crippen LogP contribution in [0, 0.1) is 25.2 Å². The topological polar surface area (TPSA) is 71.9 Å². The van der Waals surface area contributed by atoms with E-state index in [0.29, 0.717) is 17.0 Å². The van der Waals surface area contributed by atoms with E-state index in [9.17, 15) is 0 Å². The van der Waals surface area contributed by atoms with E-state index >= 15 is 0 Å². The molecule has 0 saturated heterocycles. The number of nitrogen functional groups attached to an aromatic ring is 1. The number of nitriles is 1. The maximum atomic E-state index is 8.99. The van der Waals surface area contributed by atoms with E-state index in [1.54, 1.807) is 6.07 Å². The molecule has 2 rings (SSSR count). The second-order valence-electron chi connectivity index (χ2n) is 4.08. The van der Waals surface area contributed by atoms with Gasteiger partial charge in [-0.15, -0.1) is 0 Å². The maximum absolute atomic E-state index is 8.99. The zero-order chi connectivity index (χ0) is 13.1. The molecule has 0 saturated carbocycles. The number of benzene rings is 1. The predicted octanol–water partition coefficient (Wildman–Crippen LogP) is 2.94. The number of anilines is 1. The van der Waals surface area contributed by atoms with Gasteiger partial charge in [-0.3, -0.25) is 0 Å². The second kappa shape index (κ2) is 4.76. The zero-order valence-electron chi connectivity index (χ0n) is 10.3. The van der Waals surface area contributed by atoms with Crippen LogP contribution in [0.4, 0.5) is 5.69 Å². The molecule has 1 aromatic carbocycles. The second-order valence-corrected chi connectivity index (χ2v) is 4.08. The third-order valence-corrected chi connectivity index (χ3v) is 2.69.